The van der Waals surface area contributed by atoms with Crippen molar-refractivity contribution < 1.29 is 19.0 Å². The molecule has 1 aromatic rings. The molecule has 2 heterocycles. The van der Waals surface area contributed by atoms with Gasteiger partial charge in [0, 0.05) is 13.1 Å². The minimum absolute atomic E-state index is 0.211. The number of hydrogen-bond donors (Lipinski definition) is 0. The van der Waals surface area contributed by atoms with Crippen LogP contribution in [0.4, 0.5) is 0 Å². The molecule has 23 heavy (non-hydrogen) atoms. The molecule has 2 atom stereocenters. The summed E-state index contributed by atoms with van der Waals surface area (Å²) < 4.78 is 18.3. The van der Waals surface area contributed by atoms with E-state index in [1.807, 2.05) is 0 Å². The van der Waals surface area contributed by atoms with Crippen molar-refractivity contribution in [2.24, 2.45) is 0 Å². The van der Waals surface area contributed by atoms with Crippen LogP contribution in [0.3, 0.4) is 0 Å². The monoisotopic (exact) mass is 371 g/mol. The highest BCUT2D eigenvalue weighted by Crippen LogP contribution is 2.49. The van der Waals surface area contributed by atoms with Crippen molar-refractivity contribution in [1.29, 1.82) is 0 Å². The highest BCUT2D eigenvalue weighted by atomic mass is 33.1. The van der Waals surface area contributed by atoms with Gasteiger partial charge in [-0.1, -0.05) is 21.6 Å². The second-order valence-electron chi connectivity index (χ2n) is 4.95. The van der Waals surface area contributed by atoms with Gasteiger partial charge in [-0.15, -0.1) is 0 Å². The van der Waals surface area contributed by atoms with Gasteiger partial charge in [0.25, 0.3) is 0 Å². The van der Waals surface area contributed by atoms with Crippen LogP contribution in [0.2, 0.25) is 0 Å². The van der Waals surface area contributed by atoms with Crippen LogP contribution in [0, 0.1) is 0 Å². The Hall–Kier alpha value is -0.720. The van der Waals surface area contributed by atoms with Gasteiger partial charge < -0.3 is 14.2 Å². The molecule has 124 valence electrons. The van der Waals surface area contributed by atoms with Crippen LogP contribution in [-0.2, 0) is 9.53 Å². The van der Waals surface area contributed by atoms with Gasteiger partial charge in [-0.25, -0.2) is 0 Å². The van der Waals surface area contributed by atoms with Gasteiger partial charge in [0.1, 0.15) is 16.7 Å². The zero-order chi connectivity index (χ0) is 16.1. The summed E-state index contributed by atoms with van der Waals surface area (Å²) in [6.07, 6.45) is 0. The highest BCUT2D eigenvalue weighted by Gasteiger charge is 2.31. The number of benzene rings is 1. The Labute approximate surface area is 145 Å². The maximum atomic E-state index is 12.5. The molecule has 2 unspecified atom stereocenters. The molecule has 0 radical (unpaired) electrons. The van der Waals surface area contributed by atoms with Gasteiger partial charge in [0.2, 0.25) is 0 Å². The zero-order valence-electron chi connectivity index (χ0n) is 12.7. The van der Waals surface area contributed by atoms with E-state index >= 15 is 0 Å². The third-order valence-corrected chi connectivity index (χ3v) is 7.57. The van der Waals surface area contributed by atoms with Crippen LogP contribution in [0.5, 0.6) is 11.5 Å². The third-order valence-electron chi connectivity index (χ3n) is 3.40. The summed E-state index contributed by atoms with van der Waals surface area (Å²) in [6, 6.07) is 7.06. The number of esters is 1. The zero-order valence-corrected chi connectivity index (χ0v) is 15.3. The number of methoxy groups -OCH3 is 1. The first-order valence-electron chi connectivity index (χ1n) is 7.23. The second kappa shape index (κ2) is 8.40. The van der Waals surface area contributed by atoms with Gasteiger partial charge in [-0.3, -0.25) is 9.46 Å². The molecule has 3 rings (SSSR count). The van der Waals surface area contributed by atoms with E-state index in [0.717, 1.165) is 37.4 Å². The van der Waals surface area contributed by atoms with Crippen LogP contribution in [0.1, 0.15) is 0 Å². The number of ether oxygens (including phenoxy) is 3. The van der Waals surface area contributed by atoms with Crippen LogP contribution in [0.15, 0.2) is 35.0 Å². The van der Waals surface area contributed by atoms with E-state index in [-0.39, 0.29) is 11.2 Å². The SMILES string of the molecule is COc1ccc(OC(=O)C2SSC=C2PN2CCOCC2)cc1. The number of nitrogens with zero attached hydrogens (tertiary/aromatic N) is 1. The van der Waals surface area contributed by atoms with Gasteiger partial charge in [-0.05, 0) is 43.7 Å². The summed E-state index contributed by atoms with van der Waals surface area (Å²) in [6.45, 7) is 3.37. The lowest BCUT2D eigenvalue weighted by atomic mass is 10.3. The van der Waals surface area contributed by atoms with Crippen molar-refractivity contribution in [3.63, 3.8) is 0 Å². The quantitative estimate of drug-likeness (QED) is 0.341. The lowest BCUT2D eigenvalue weighted by molar-refractivity contribution is -0.132. The van der Waals surface area contributed by atoms with Crippen LogP contribution >= 0.6 is 30.3 Å². The van der Waals surface area contributed by atoms with Crippen LogP contribution < -0.4 is 9.47 Å². The molecule has 5 nitrogen and oxygen atoms in total. The maximum Gasteiger partial charge on any atom is 0.330 e. The molecule has 1 aromatic carbocycles. The molecule has 2 aliphatic rings. The summed E-state index contributed by atoms with van der Waals surface area (Å²) in [5.74, 6) is 1.07. The van der Waals surface area contributed by atoms with Crippen molar-refractivity contribution in [1.82, 2.24) is 4.67 Å². The maximum absolute atomic E-state index is 12.5. The van der Waals surface area contributed by atoms with Gasteiger partial charge >= 0.3 is 5.97 Å². The average molecular weight is 371 g/mol. The van der Waals surface area contributed by atoms with E-state index < -0.39 is 0 Å². The first-order chi connectivity index (χ1) is 11.3. The van der Waals surface area contributed by atoms with E-state index in [1.54, 1.807) is 53.0 Å². The second-order valence-corrected chi connectivity index (χ2v) is 8.63. The smallest absolute Gasteiger partial charge is 0.330 e. The van der Waals surface area contributed by atoms with E-state index in [2.05, 4.69) is 10.1 Å². The van der Waals surface area contributed by atoms with Crippen LogP contribution in [-0.4, -0.2) is 49.3 Å². The van der Waals surface area contributed by atoms with Gasteiger partial charge in [0.15, 0.2) is 0 Å². The molecule has 1 saturated heterocycles. The molecule has 0 aliphatic carbocycles. The van der Waals surface area contributed by atoms with E-state index in [9.17, 15) is 4.79 Å². The Bertz CT molecular complexity index is 575. The topological polar surface area (TPSA) is 48.0 Å². The van der Waals surface area contributed by atoms with Gasteiger partial charge in [0.05, 0.1) is 20.3 Å². The number of rotatable bonds is 5. The van der Waals surface area contributed by atoms with E-state index in [4.69, 9.17) is 14.2 Å². The highest BCUT2D eigenvalue weighted by molar-refractivity contribution is 8.78. The Kier molecular flexibility index (Phi) is 6.25. The number of carbonyl (C=O) groups excluding carboxylic acids is 1. The molecule has 1 fully saturated rings. The molecule has 0 bridgehead atoms. The van der Waals surface area contributed by atoms with Crippen molar-refractivity contribution in [3.8, 4) is 11.5 Å². The molecule has 0 spiro atoms. The largest absolute Gasteiger partial charge is 0.497 e. The fourth-order valence-corrected chi connectivity index (χ4v) is 6.56. The van der Waals surface area contributed by atoms with Crippen molar-refractivity contribution in [3.05, 3.63) is 35.0 Å². The first kappa shape index (κ1) is 17.1. The summed E-state index contributed by atoms with van der Waals surface area (Å²) in [5.41, 5.74) is 0. The Morgan fingerprint density at radius 3 is 2.65 bits per heavy atom. The predicted octanol–water partition coefficient (Wildman–Crippen LogP) is 3.13. The van der Waals surface area contributed by atoms with E-state index in [0.29, 0.717) is 14.5 Å². The van der Waals surface area contributed by atoms with Crippen molar-refractivity contribution >= 4 is 36.3 Å². The van der Waals surface area contributed by atoms with Crippen molar-refractivity contribution in [2.45, 2.75) is 5.25 Å². The molecule has 8 heteroatoms. The lowest BCUT2D eigenvalue weighted by Gasteiger charge is -2.27. The standard InChI is InChI=1S/C15H18NO4PS2/c1-18-11-2-4-12(5-3-11)20-15(17)14-13(10-22-23-14)21-16-6-8-19-9-7-16/h2-5,10,14,21H,6-9H2,1H3. The molecular weight excluding hydrogens is 353 g/mol. The summed E-state index contributed by atoms with van der Waals surface area (Å²) >= 11 is 0. The molecule has 0 amide bonds. The Morgan fingerprint density at radius 1 is 1.26 bits per heavy atom. The molecule has 0 N–H and O–H groups in total. The normalized spacial score (nSPS) is 22.3. The third kappa shape index (κ3) is 4.64. The minimum Gasteiger partial charge on any atom is -0.497 e. The van der Waals surface area contributed by atoms with Crippen LogP contribution in [0.25, 0.3) is 0 Å². The molecule has 0 saturated carbocycles. The lowest BCUT2D eigenvalue weighted by Crippen LogP contribution is -2.31. The summed E-state index contributed by atoms with van der Waals surface area (Å²) in [5, 5.41) is 2.99. The minimum atomic E-state index is -0.233. The fourth-order valence-electron chi connectivity index (χ4n) is 2.17. The fraction of sp³-hybridized carbons (Fsp3) is 0.400. The number of morpholine rings is 1. The Morgan fingerprint density at radius 2 is 1.96 bits per heavy atom. The molecule has 2 aliphatic heterocycles. The summed E-state index contributed by atoms with van der Waals surface area (Å²) in [4.78, 5) is 12.5. The predicted molar refractivity (Wildman–Crippen MR) is 96.4 cm³/mol. The number of hydrogen-bond acceptors (Lipinski definition) is 7. The first-order valence-corrected chi connectivity index (χ1v) is 10.5. The van der Waals surface area contributed by atoms with E-state index in [1.165, 1.54) is 0 Å². The van der Waals surface area contributed by atoms with Gasteiger partial charge in [-0.2, -0.15) is 0 Å². The average Bonchev–Trinajstić information content (AvgIpc) is 3.05. The Balaban J connectivity index is 1.58. The number of carbonyl (C=O) groups is 1. The van der Waals surface area contributed by atoms with Crippen molar-refractivity contribution in [2.75, 3.05) is 33.4 Å². The molecular formula is C15H18NO4PS2. The molecule has 0 aromatic heterocycles. The summed E-state index contributed by atoms with van der Waals surface area (Å²) in [7, 11) is 5.28.